The Kier molecular flexibility index (Phi) is 10.3. The number of esters is 1. The number of carbonyl (C=O) groups excluding carboxylic acids is 2. The van der Waals surface area contributed by atoms with Crippen LogP contribution < -0.4 is 15.6 Å². The van der Waals surface area contributed by atoms with Crippen molar-refractivity contribution in [1.29, 1.82) is 0 Å². The van der Waals surface area contributed by atoms with Gasteiger partial charge in [-0.1, -0.05) is 29.8 Å². The molecule has 9 heteroatoms. The first-order valence-electron chi connectivity index (χ1n) is 13.0. The highest BCUT2D eigenvalue weighted by Crippen LogP contribution is 2.28. The lowest BCUT2D eigenvalue weighted by molar-refractivity contribution is -0.155. The van der Waals surface area contributed by atoms with E-state index in [2.05, 4.69) is 40.1 Å². The zero-order valence-electron chi connectivity index (χ0n) is 22.7. The SMILES string of the molecule is Cc1ccc(CCNNC(=O)[C@]2(CCC(=O)OC(C)(C)C)COC(c3ccc(OCCCO)cc3)=N2)cc1. The molecule has 0 bridgehead atoms. The first kappa shape index (κ1) is 29.1. The van der Waals surface area contributed by atoms with Crippen LogP contribution in [0.3, 0.4) is 0 Å². The van der Waals surface area contributed by atoms with E-state index < -0.39 is 17.1 Å². The van der Waals surface area contributed by atoms with Gasteiger partial charge in [0.05, 0.1) is 6.61 Å². The standard InChI is InChI=1S/C29H39N3O6/c1-21-6-8-22(9-7-21)15-17-30-32-27(35)29(16-14-25(34)38-28(2,3)4)20-37-26(31-29)23-10-12-24(13-11-23)36-19-5-18-33/h6-13,30,33H,5,14-20H2,1-4H3,(H,32,35)/t29-/m0/s1. The van der Waals surface area contributed by atoms with Crippen LogP contribution in [0.1, 0.15) is 56.7 Å². The van der Waals surface area contributed by atoms with Gasteiger partial charge in [-0.05, 0) is 70.4 Å². The van der Waals surface area contributed by atoms with E-state index >= 15 is 0 Å². The summed E-state index contributed by atoms with van der Waals surface area (Å²) in [6.07, 6.45) is 1.44. The normalized spacial score (nSPS) is 16.9. The maximum absolute atomic E-state index is 13.3. The Morgan fingerprint density at radius 2 is 1.82 bits per heavy atom. The van der Waals surface area contributed by atoms with Gasteiger partial charge in [-0.25, -0.2) is 10.4 Å². The molecule has 1 heterocycles. The fourth-order valence-corrected chi connectivity index (χ4v) is 3.82. The molecule has 0 saturated carbocycles. The number of nitrogens with zero attached hydrogens (tertiary/aromatic N) is 1. The maximum Gasteiger partial charge on any atom is 0.306 e. The van der Waals surface area contributed by atoms with Gasteiger partial charge in [-0.2, -0.15) is 0 Å². The zero-order chi connectivity index (χ0) is 27.6. The molecule has 0 unspecified atom stereocenters. The van der Waals surface area contributed by atoms with Crippen LogP contribution in [-0.2, 0) is 25.5 Å². The van der Waals surface area contributed by atoms with Gasteiger partial charge in [-0.3, -0.25) is 15.0 Å². The summed E-state index contributed by atoms with van der Waals surface area (Å²) >= 11 is 0. The Bertz CT molecular complexity index is 1090. The van der Waals surface area contributed by atoms with Crippen molar-refractivity contribution >= 4 is 17.8 Å². The third-order valence-electron chi connectivity index (χ3n) is 5.88. The van der Waals surface area contributed by atoms with Crippen LogP contribution in [0.25, 0.3) is 0 Å². The lowest BCUT2D eigenvalue weighted by Gasteiger charge is -2.24. The summed E-state index contributed by atoms with van der Waals surface area (Å²) < 4.78 is 16.9. The lowest BCUT2D eigenvalue weighted by atomic mass is 9.94. The minimum Gasteiger partial charge on any atom is -0.494 e. The highest BCUT2D eigenvalue weighted by atomic mass is 16.6. The van der Waals surface area contributed by atoms with Crippen molar-refractivity contribution < 1.29 is 28.9 Å². The minimum absolute atomic E-state index is 0.00532. The summed E-state index contributed by atoms with van der Waals surface area (Å²) in [5.74, 6) is 0.215. The number of aliphatic hydroxyl groups is 1. The quantitative estimate of drug-likeness (QED) is 0.209. The molecule has 3 rings (SSSR count). The van der Waals surface area contributed by atoms with Gasteiger partial charge in [0.1, 0.15) is 18.0 Å². The van der Waals surface area contributed by atoms with Crippen LogP contribution in [0.5, 0.6) is 5.75 Å². The molecule has 1 atom stereocenters. The van der Waals surface area contributed by atoms with Gasteiger partial charge >= 0.3 is 5.97 Å². The number of carbonyl (C=O) groups is 2. The van der Waals surface area contributed by atoms with Crippen molar-refractivity contribution in [3.8, 4) is 5.75 Å². The van der Waals surface area contributed by atoms with E-state index in [1.54, 1.807) is 45.0 Å². The summed E-state index contributed by atoms with van der Waals surface area (Å²) in [5.41, 5.74) is 6.90. The predicted octanol–water partition coefficient (Wildman–Crippen LogP) is 3.26. The Morgan fingerprint density at radius 3 is 2.47 bits per heavy atom. The zero-order valence-corrected chi connectivity index (χ0v) is 22.7. The van der Waals surface area contributed by atoms with Crippen LogP contribution >= 0.6 is 0 Å². The van der Waals surface area contributed by atoms with Crippen LogP contribution in [0.15, 0.2) is 53.5 Å². The van der Waals surface area contributed by atoms with E-state index in [9.17, 15) is 9.59 Å². The Hall–Kier alpha value is -3.43. The summed E-state index contributed by atoms with van der Waals surface area (Å²) in [4.78, 5) is 30.4. The summed E-state index contributed by atoms with van der Waals surface area (Å²) in [7, 11) is 0. The number of aliphatic imine (C=N–C) groups is 1. The fraction of sp³-hybridized carbons (Fsp3) is 0.483. The molecule has 1 amide bonds. The smallest absolute Gasteiger partial charge is 0.306 e. The summed E-state index contributed by atoms with van der Waals surface area (Å²) in [6, 6.07) is 15.4. The molecular formula is C29H39N3O6. The minimum atomic E-state index is -1.28. The molecule has 1 aliphatic heterocycles. The number of hydrogen-bond acceptors (Lipinski definition) is 8. The Morgan fingerprint density at radius 1 is 1.11 bits per heavy atom. The highest BCUT2D eigenvalue weighted by Gasteiger charge is 2.45. The second kappa shape index (κ2) is 13.4. The monoisotopic (exact) mass is 525 g/mol. The molecule has 0 radical (unpaired) electrons. The molecule has 9 nitrogen and oxygen atoms in total. The molecule has 0 fully saturated rings. The summed E-state index contributed by atoms with van der Waals surface area (Å²) in [5, 5.41) is 8.91. The first-order valence-corrected chi connectivity index (χ1v) is 13.0. The number of rotatable bonds is 13. The molecule has 2 aromatic rings. The molecule has 1 aliphatic rings. The van der Waals surface area contributed by atoms with Crippen molar-refractivity contribution in [1.82, 2.24) is 10.9 Å². The maximum atomic E-state index is 13.3. The molecule has 3 N–H and O–H groups in total. The summed E-state index contributed by atoms with van der Waals surface area (Å²) in [6.45, 7) is 8.47. The number of hydrogen-bond donors (Lipinski definition) is 3. The Balaban J connectivity index is 1.68. The molecular weight excluding hydrogens is 486 g/mol. The van der Waals surface area contributed by atoms with Gasteiger partial charge < -0.3 is 19.3 Å². The second-order valence-corrected chi connectivity index (χ2v) is 10.4. The Labute approximate surface area is 224 Å². The molecule has 0 aliphatic carbocycles. The predicted molar refractivity (Wildman–Crippen MR) is 145 cm³/mol. The van der Waals surface area contributed by atoms with Crippen LogP contribution in [0.4, 0.5) is 0 Å². The largest absolute Gasteiger partial charge is 0.494 e. The van der Waals surface area contributed by atoms with Crippen LogP contribution in [-0.4, -0.2) is 60.4 Å². The van der Waals surface area contributed by atoms with Crippen molar-refractivity contribution in [3.05, 3.63) is 65.2 Å². The third-order valence-corrected chi connectivity index (χ3v) is 5.88. The van der Waals surface area contributed by atoms with E-state index in [0.29, 0.717) is 36.8 Å². The second-order valence-electron chi connectivity index (χ2n) is 10.4. The van der Waals surface area contributed by atoms with Gasteiger partial charge in [0.2, 0.25) is 5.90 Å². The van der Waals surface area contributed by atoms with Crippen molar-refractivity contribution in [3.63, 3.8) is 0 Å². The van der Waals surface area contributed by atoms with E-state index in [1.165, 1.54) is 5.56 Å². The molecule has 206 valence electrons. The van der Waals surface area contributed by atoms with Crippen LogP contribution in [0, 0.1) is 6.92 Å². The highest BCUT2D eigenvalue weighted by molar-refractivity contribution is 6.00. The number of hydrazine groups is 1. The number of aliphatic hydroxyl groups excluding tert-OH is 1. The average molecular weight is 526 g/mol. The molecule has 0 aromatic heterocycles. The molecule has 0 spiro atoms. The molecule has 38 heavy (non-hydrogen) atoms. The number of benzene rings is 2. The van der Waals surface area contributed by atoms with Gasteiger partial charge in [0, 0.05) is 31.6 Å². The fourth-order valence-electron chi connectivity index (χ4n) is 3.82. The molecule has 2 aromatic carbocycles. The van der Waals surface area contributed by atoms with E-state index in [-0.39, 0.29) is 32.0 Å². The average Bonchev–Trinajstić information content (AvgIpc) is 3.32. The van der Waals surface area contributed by atoms with Gasteiger partial charge in [0.25, 0.3) is 5.91 Å². The van der Waals surface area contributed by atoms with Crippen LogP contribution in [0.2, 0.25) is 0 Å². The van der Waals surface area contributed by atoms with E-state index in [4.69, 9.17) is 19.3 Å². The van der Waals surface area contributed by atoms with Crippen molar-refractivity contribution in [2.75, 3.05) is 26.4 Å². The number of aryl methyl sites for hydroxylation is 1. The van der Waals surface area contributed by atoms with E-state index in [0.717, 1.165) is 12.0 Å². The number of amides is 1. The van der Waals surface area contributed by atoms with Crippen molar-refractivity contribution in [2.45, 2.75) is 64.5 Å². The van der Waals surface area contributed by atoms with E-state index in [1.807, 2.05) is 6.92 Å². The topological polar surface area (TPSA) is 118 Å². The van der Waals surface area contributed by atoms with Crippen molar-refractivity contribution in [2.24, 2.45) is 4.99 Å². The first-order chi connectivity index (χ1) is 18.1. The molecule has 0 saturated heterocycles. The number of nitrogens with one attached hydrogen (secondary N) is 2. The third kappa shape index (κ3) is 8.85. The van der Waals surface area contributed by atoms with Gasteiger partial charge in [0.15, 0.2) is 5.54 Å². The number of ether oxygens (including phenoxy) is 3. The lowest BCUT2D eigenvalue weighted by Crippen LogP contribution is -2.52. The van der Waals surface area contributed by atoms with Gasteiger partial charge in [-0.15, -0.1) is 0 Å².